The van der Waals surface area contributed by atoms with Crippen LogP contribution in [0.4, 0.5) is 0 Å². The van der Waals surface area contributed by atoms with Crippen molar-refractivity contribution in [1.82, 2.24) is 4.90 Å². The zero-order valence-corrected chi connectivity index (χ0v) is 14.5. The molecular formula is C19H24N2O3. The third-order valence-electron chi connectivity index (χ3n) is 4.15. The lowest BCUT2D eigenvalue weighted by atomic mass is 10.1. The van der Waals surface area contributed by atoms with Crippen molar-refractivity contribution in [1.29, 1.82) is 5.26 Å². The summed E-state index contributed by atoms with van der Waals surface area (Å²) in [5, 5.41) is 9.33. The summed E-state index contributed by atoms with van der Waals surface area (Å²) in [5.74, 6) is 1.05. The van der Waals surface area contributed by atoms with E-state index in [4.69, 9.17) is 9.47 Å². The van der Waals surface area contributed by atoms with E-state index in [1.165, 1.54) is 0 Å². The number of nitriles is 1. The summed E-state index contributed by atoms with van der Waals surface area (Å²) < 4.78 is 11.2. The lowest BCUT2D eigenvalue weighted by Crippen LogP contribution is -2.28. The van der Waals surface area contributed by atoms with Gasteiger partial charge >= 0.3 is 0 Å². The highest BCUT2D eigenvalue weighted by Gasteiger charge is 2.21. The van der Waals surface area contributed by atoms with Crippen molar-refractivity contribution in [3.63, 3.8) is 0 Å². The fourth-order valence-electron chi connectivity index (χ4n) is 2.57. The fraction of sp³-hybridized carbons (Fsp3) is 0.474. The van der Waals surface area contributed by atoms with Gasteiger partial charge in [-0.2, -0.15) is 5.26 Å². The van der Waals surface area contributed by atoms with Crippen LogP contribution in [0.25, 0.3) is 6.08 Å². The van der Waals surface area contributed by atoms with Gasteiger partial charge in [-0.25, -0.2) is 0 Å². The minimum Gasteiger partial charge on any atom is -0.493 e. The molecule has 1 amide bonds. The number of rotatable bonds is 6. The van der Waals surface area contributed by atoms with E-state index in [9.17, 15) is 10.1 Å². The second-order valence-corrected chi connectivity index (χ2v) is 5.92. The Hall–Kier alpha value is -2.48. The van der Waals surface area contributed by atoms with E-state index in [1.807, 2.05) is 25.1 Å². The lowest BCUT2D eigenvalue weighted by molar-refractivity contribution is -0.125. The molecule has 5 nitrogen and oxygen atoms in total. The van der Waals surface area contributed by atoms with Crippen LogP contribution in [0.3, 0.4) is 0 Å². The van der Waals surface area contributed by atoms with Crippen molar-refractivity contribution in [2.45, 2.75) is 39.2 Å². The zero-order chi connectivity index (χ0) is 17.5. The number of amides is 1. The minimum atomic E-state index is -0.200. The number of methoxy groups -OCH3 is 1. The first kappa shape index (κ1) is 17.9. The zero-order valence-electron chi connectivity index (χ0n) is 14.5. The summed E-state index contributed by atoms with van der Waals surface area (Å²) in [5.41, 5.74) is 0.891. The highest BCUT2D eigenvalue weighted by molar-refractivity contribution is 6.01. The Bertz CT molecular complexity index is 655. The molecule has 0 aliphatic carbocycles. The van der Waals surface area contributed by atoms with Crippen LogP contribution in [0.5, 0.6) is 11.5 Å². The van der Waals surface area contributed by atoms with Crippen LogP contribution >= 0.6 is 0 Å². The predicted octanol–water partition coefficient (Wildman–Crippen LogP) is 3.40. The Morgan fingerprint density at radius 2 is 2.08 bits per heavy atom. The second kappa shape index (κ2) is 8.39. The van der Waals surface area contributed by atoms with Gasteiger partial charge in [-0.3, -0.25) is 4.79 Å². The van der Waals surface area contributed by atoms with E-state index in [0.717, 1.165) is 37.9 Å². The smallest absolute Gasteiger partial charge is 0.264 e. The predicted molar refractivity (Wildman–Crippen MR) is 92.8 cm³/mol. The van der Waals surface area contributed by atoms with Crippen LogP contribution in [0.15, 0.2) is 23.8 Å². The van der Waals surface area contributed by atoms with E-state index in [2.05, 4.69) is 6.92 Å². The number of likely N-dealkylation sites (tertiary alicyclic amines) is 1. The van der Waals surface area contributed by atoms with Crippen LogP contribution in [0.1, 0.15) is 38.7 Å². The number of ether oxygens (including phenoxy) is 2. The Morgan fingerprint density at radius 1 is 1.38 bits per heavy atom. The van der Waals surface area contributed by atoms with Crippen molar-refractivity contribution < 1.29 is 14.3 Å². The molecule has 0 aromatic heterocycles. The summed E-state index contributed by atoms with van der Waals surface area (Å²) in [6.45, 7) is 5.50. The van der Waals surface area contributed by atoms with E-state index in [1.54, 1.807) is 24.2 Å². The molecule has 0 N–H and O–H groups in total. The van der Waals surface area contributed by atoms with Crippen molar-refractivity contribution in [3.05, 3.63) is 29.3 Å². The van der Waals surface area contributed by atoms with Gasteiger partial charge in [-0.1, -0.05) is 13.0 Å². The summed E-state index contributed by atoms with van der Waals surface area (Å²) in [6, 6.07) is 7.44. The first-order valence-corrected chi connectivity index (χ1v) is 8.34. The summed E-state index contributed by atoms with van der Waals surface area (Å²) in [6.07, 6.45) is 4.59. The van der Waals surface area contributed by atoms with Crippen LogP contribution in [0, 0.1) is 11.3 Å². The number of benzene rings is 1. The molecule has 1 aliphatic rings. The van der Waals surface area contributed by atoms with Crippen LogP contribution in [-0.2, 0) is 4.79 Å². The molecule has 24 heavy (non-hydrogen) atoms. The Morgan fingerprint density at radius 3 is 2.67 bits per heavy atom. The largest absolute Gasteiger partial charge is 0.493 e. The molecule has 0 bridgehead atoms. The summed E-state index contributed by atoms with van der Waals surface area (Å²) in [7, 11) is 1.58. The molecule has 1 aliphatic heterocycles. The first-order valence-electron chi connectivity index (χ1n) is 8.34. The monoisotopic (exact) mass is 328 g/mol. The molecule has 1 aromatic rings. The molecule has 0 spiro atoms. The van der Waals surface area contributed by atoms with Gasteiger partial charge in [0.25, 0.3) is 5.91 Å². The quantitative estimate of drug-likeness (QED) is 0.593. The molecule has 0 saturated carbocycles. The summed E-state index contributed by atoms with van der Waals surface area (Å²) >= 11 is 0. The lowest BCUT2D eigenvalue weighted by Gasteiger charge is -2.16. The van der Waals surface area contributed by atoms with Gasteiger partial charge in [0.05, 0.1) is 13.2 Å². The van der Waals surface area contributed by atoms with Crippen LogP contribution in [-0.4, -0.2) is 37.1 Å². The Labute approximate surface area is 143 Å². The van der Waals surface area contributed by atoms with Crippen molar-refractivity contribution in [2.24, 2.45) is 0 Å². The normalized spacial score (nSPS) is 15.8. The molecule has 0 unspecified atom stereocenters. The molecule has 5 heteroatoms. The maximum Gasteiger partial charge on any atom is 0.264 e. The Balaban J connectivity index is 2.23. The van der Waals surface area contributed by atoms with Gasteiger partial charge in [-0.05, 0) is 50.0 Å². The topological polar surface area (TPSA) is 62.6 Å². The van der Waals surface area contributed by atoms with Crippen molar-refractivity contribution >= 4 is 12.0 Å². The number of carbonyl (C=O) groups excluding carboxylic acids is 1. The number of hydrogen-bond acceptors (Lipinski definition) is 4. The third-order valence-corrected chi connectivity index (χ3v) is 4.15. The number of hydrogen-bond donors (Lipinski definition) is 0. The van der Waals surface area contributed by atoms with E-state index in [-0.39, 0.29) is 17.6 Å². The maximum atomic E-state index is 12.4. The maximum absolute atomic E-state index is 12.4. The van der Waals surface area contributed by atoms with Crippen molar-refractivity contribution in [2.75, 3.05) is 20.2 Å². The first-order chi connectivity index (χ1) is 11.6. The molecule has 0 radical (unpaired) electrons. The molecule has 1 heterocycles. The minimum absolute atomic E-state index is 0.0895. The van der Waals surface area contributed by atoms with Gasteiger partial charge in [0.1, 0.15) is 11.6 Å². The van der Waals surface area contributed by atoms with Gasteiger partial charge in [0.15, 0.2) is 11.5 Å². The van der Waals surface area contributed by atoms with E-state index < -0.39 is 0 Å². The average molecular weight is 328 g/mol. The molecule has 1 fully saturated rings. The highest BCUT2D eigenvalue weighted by atomic mass is 16.5. The highest BCUT2D eigenvalue weighted by Crippen LogP contribution is 2.30. The Kier molecular flexibility index (Phi) is 6.25. The SMILES string of the molecule is CC[C@@H](C)Oc1ccc(/C=C(\C#N)C(=O)N2CCCC2)cc1OC. The average Bonchev–Trinajstić information content (AvgIpc) is 3.14. The molecule has 1 aromatic carbocycles. The van der Waals surface area contributed by atoms with Gasteiger partial charge < -0.3 is 14.4 Å². The fourth-order valence-corrected chi connectivity index (χ4v) is 2.57. The molecule has 2 rings (SSSR count). The molecular weight excluding hydrogens is 304 g/mol. The van der Waals surface area contributed by atoms with Crippen molar-refractivity contribution in [3.8, 4) is 17.6 Å². The van der Waals surface area contributed by atoms with Gasteiger partial charge in [0, 0.05) is 13.1 Å². The third kappa shape index (κ3) is 4.29. The number of nitrogens with zero attached hydrogens (tertiary/aromatic N) is 2. The van der Waals surface area contributed by atoms with Gasteiger partial charge in [-0.15, -0.1) is 0 Å². The van der Waals surface area contributed by atoms with Gasteiger partial charge in [0.2, 0.25) is 0 Å². The van der Waals surface area contributed by atoms with E-state index >= 15 is 0 Å². The van der Waals surface area contributed by atoms with E-state index in [0.29, 0.717) is 11.5 Å². The second-order valence-electron chi connectivity index (χ2n) is 5.92. The number of carbonyl (C=O) groups is 1. The molecule has 128 valence electrons. The van der Waals surface area contributed by atoms with Crippen LogP contribution < -0.4 is 9.47 Å². The molecule has 1 saturated heterocycles. The standard InChI is InChI=1S/C19H24N2O3/c1-4-14(2)24-17-8-7-15(12-18(17)23-3)11-16(13-20)19(22)21-9-5-6-10-21/h7-8,11-12,14H,4-6,9-10H2,1-3H3/b16-11+/t14-/m1/s1. The molecule has 1 atom stereocenters. The van der Waals surface area contributed by atoms with Crippen LogP contribution in [0.2, 0.25) is 0 Å². The summed E-state index contributed by atoms with van der Waals surface area (Å²) in [4.78, 5) is 14.1.